The lowest BCUT2D eigenvalue weighted by molar-refractivity contribution is -0.126. The minimum absolute atomic E-state index is 0.0981. The van der Waals surface area contributed by atoms with Crippen molar-refractivity contribution in [2.24, 2.45) is 5.92 Å². The molecule has 0 aromatic heterocycles. The van der Waals surface area contributed by atoms with Gasteiger partial charge in [0.25, 0.3) is 0 Å². The van der Waals surface area contributed by atoms with Crippen molar-refractivity contribution in [3.8, 4) is 0 Å². The van der Waals surface area contributed by atoms with Crippen molar-refractivity contribution < 1.29 is 14.3 Å². The van der Waals surface area contributed by atoms with Crippen LogP contribution < -0.4 is 0 Å². The second kappa shape index (κ2) is 5.52. The molecule has 2 saturated heterocycles. The fourth-order valence-electron chi connectivity index (χ4n) is 2.71. The average molecular weight is 244 g/mol. The highest BCUT2D eigenvalue weighted by molar-refractivity contribution is 7.99. The molecular weight excluding hydrogens is 224 g/mol. The molecule has 0 saturated carbocycles. The lowest BCUT2D eigenvalue weighted by Crippen LogP contribution is -2.40. The summed E-state index contributed by atoms with van der Waals surface area (Å²) in [6, 6.07) is 0. The first-order chi connectivity index (χ1) is 7.74. The van der Waals surface area contributed by atoms with Crippen molar-refractivity contribution >= 4 is 17.5 Å². The minimum Gasteiger partial charge on any atom is -0.377 e. The Morgan fingerprint density at radius 2 is 2.50 bits per heavy atom. The number of ether oxygens (including phenoxy) is 2. The zero-order valence-corrected chi connectivity index (χ0v) is 10.7. The van der Waals surface area contributed by atoms with Crippen molar-refractivity contribution in [1.82, 2.24) is 0 Å². The largest absolute Gasteiger partial charge is 0.377 e. The molecule has 3 nitrogen and oxygen atoms in total. The van der Waals surface area contributed by atoms with Crippen LogP contribution >= 0.6 is 11.8 Å². The molecule has 2 heterocycles. The van der Waals surface area contributed by atoms with Crippen LogP contribution in [0.5, 0.6) is 0 Å². The number of methoxy groups -OCH3 is 1. The van der Waals surface area contributed by atoms with Gasteiger partial charge in [0.05, 0.1) is 5.60 Å². The van der Waals surface area contributed by atoms with E-state index >= 15 is 0 Å². The van der Waals surface area contributed by atoms with Crippen LogP contribution in [0.15, 0.2) is 0 Å². The van der Waals surface area contributed by atoms with Gasteiger partial charge in [0, 0.05) is 25.9 Å². The van der Waals surface area contributed by atoms with E-state index in [0.29, 0.717) is 12.3 Å². The van der Waals surface area contributed by atoms with E-state index in [2.05, 4.69) is 0 Å². The lowest BCUT2D eigenvalue weighted by atomic mass is 9.83. The molecule has 0 radical (unpaired) electrons. The van der Waals surface area contributed by atoms with E-state index in [1.54, 1.807) is 7.11 Å². The molecule has 2 fully saturated rings. The maximum Gasteiger partial charge on any atom is 0.158 e. The van der Waals surface area contributed by atoms with Crippen LogP contribution in [0.1, 0.15) is 25.7 Å². The molecule has 0 amide bonds. The van der Waals surface area contributed by atoms with E-state index in [4.69, 9.17) is 9.47 Å². The fraction of sp³-hybridized carbons (Fsp3) is 0.917. The van der Waals surface area contributed by atoms with Gasteiger partial charge in [0.15, 0.2) is 5.78 Å². The molecule has 2 atom stereocenters. The molecule has 1 spiro atoms. The Hall–Kier alpha value is -0.0600. The van der Waals surface area contributed by atoms with E-state index in [1.165, 1.54) is 5.75 Å². The van der Waals surface area contributed by atoms with Gasteiger partial charge in [-0.25, -0.2) is 0 Å². The zero-order valence-electron chi connectivity index (χ0n) is 9.87. The Morgan fingerprint density at radius 3 is 3.19 bits per heavy atom. The van der Waals surface area contributed by atoms with Crippen LogP contribution in [0.2, 0.25) is 0 Å². The van der Waals surface area contributed by atoms with Gasteiger partial charge in [0.2, 0.25) is 0 Å². The summed E-state index contributed by atoms with van der Waals surface area (Å²) in [5.74, 6) is 3.06. The first-order valence-corrected chi connectivity index (χ1v) is 7.12. The smallest absolute Gasteiger partial charge is 0.158 e. The molecular formula is C12H20O3S. The van der Waals surface area contributed by atoms with Crippen LogP contribution in [0, 0.1) is 5.92 Å². The molecule has 0 aromatic carbocycles. The van der Waals surface area contributed by atoms with Crippen molar-refractivity contribution in [2.45, 2.75) is 31.3 Å². The van der Waals surface area contributed by atoms with Crippen molar-refractivity contribution in [3.05, 3.63) is 0 Å². The third-order valence-electron chi connectivity index (χ3n) is 3.48. The van der Waals surface area contributed by atoms with Gasteiger partial charge in [-0.05, 0) is 30.9 Å². The Bertz CT molecular complexity index is 249. The summed E-state index contributed by atoms with van der Waals surface area (Å²) in [5.41, 5.74) is 0.0981. The van der Waals surface area contributed by atoms with Crippen LogP contribution in [0.4, 0.5) is 0 Å². The van der Waals surface area contributed by atoms with Crippen molar-refractivity contribution in [3.63, 3.8) is 0 Å². The predicted molar refractivity (Wildman–Crippen MR) is 64.8 cm³/mol. The summed E-state index contributed by atoms with van der Waals surface area (Å²) in [6.45, 7) is 1.09. The number of Topliss-reactive ketones (excluding diaryl/α,β-unsaturated/α-hetero) is 1. The molecule has 0 N–H and O–H groups in total. The molecule has 4 heteroatoms. The van der Waals surface area contributed by atoms with E-state index in [-0.39, 0.29) is 18.0 Å². The standard InChI is InChI=1S/C12H20O3S/c1-14-8-11(13)6-10-2-4-15-12(7-10)3-5-16-9-12/h10H,2-9H2,1H3. The Labute approximate surface area is 101 Å². The van der Waals surface area contributed by atoms with Crippen LogP contribution in [0.3, 0.4) is 0 Å². The summed E-state index contributed by atoms with van der Waals surface area (Å²) in [4.78, 5) is 11.5. The van der Waals surface area contributed by atoms with E-state index in [9.17, 15) is 4.79 Å². The maximum atomic E-state index is 11.5. The van der Waals surface area contributed by atoms with Gasteiger partial charge >= 0.3 is 0 Å². The monoisotopic (exact) mass is 244 g/mol. The molecule has 0 aliphatic carbocycles. The zero-order chi connectivity index (χ0) is 11.4. The Morgan fingerprint density at radius 1 is 1.62 bits per heavy atom. The number of rotatable bonds is 4. The molecule has 2 rings (SSSR count). The highest BCUT2D eigenvalue weighted by Crippen LogP contribution is 2.41. The van der Waals surface area contributed by atoms with Gasteiger partial charge in [-0.1, -0.05) is 0 Å². The van der Waals surface area contributed by atoms with Gasteiger partial charge in [0.1, 0.15) is 6.61 Å². The number of thioether (sulfide) groups is 1. The second-order valence-corrected chi connectivity index (χ2v) is 5.97. The molecule has 2 aliphatic rings. The van der Waals surface area contributed by atoms with Crippen molar-refractivity contribution in [1.29, 1.82) is 0 Å². The van der Waals surface area contributed by atoms with Gasteiger partial charge < -0.3 is 9.47 Å². The molecule has 92 valence electrons. The van der Waals surface area contributed by atoms with E-state index in [1.807, 2.05) is 11.8 Å². The van der Waals surface area contributed by atoms with Crippen LogP contribution in [0.25, 0.3) is 0 Å². The van der Waals surface area contributed by atoms with Crippen LogP contribution in [-0.4, -0.2) is 43.2 Å². The normalized spacial score (nSPS) is 34.4. The molecule has 0 bridgehead atoms. The minimum atomic E-state index is 0.0981. The van der Waals surface area contributed by atoms with Crippen molar-refractivity contribution in [2.75, 3.05) is 31.8 Å². The SMILES string of the molecule is COCC(=O)CC1CCOC2(CCSC2)C1. The highest BCUT2D eigenvalue weighted by atomic mass is 32.2. The Kier molecular flexibility index (Phi) is 4.27. The topological polar surface area (TPSA) is 35.5 Å². The summed E-state index contributed by atoms with van der Waals surface area (Å²) >= 11 is 1.98. The number of carbonyl (C=O) groups is 1. The van der Waals surface area contributed by atoms with Crippen LogP contribution in [-0.2, 0) is 14.3 Å². The third kappa shape index (κ3) is 2.99. The summed E-state index contributed by atoms with van der Waals surface area (Å²) in [7, 11) is 1.58. The number of hydrogen-bond donors (Lipinski definition) is 0. The summed E-state index contributed by atoms with van der Waals surface area (Å²) < 4.78 is 10.8. The Balaban J connectivity index is 1.84. The predicted octanol–water partition coefficient (Wildman–Crippen LogP) is 1.89. The summed E-state index contributed by atoms with van der Waals surface area (Å²) in [5, 5.41) is 0. The molecule has 2 aliphatic heterocycles. The first-order valence-electron chi connectivity index (χ1n) is 5.96. The average Bonchev–Trinajstić information content (AvgIpc) is 2.66. The number of carbonyl (C=O) groups excluding carboxylic acids is 1. The third-order valence-corrected chi connectivity index (χ3v) is 4.71. The van der Waals surface area contributed by atoms with Gasteiger partial charge in [-0.15, -0.1) is 0 Å². The number of ketones is 1. The summed E-state index contributed by atoms with van der Waals surface area (Å²) in [6.07, 6.45) is 3.92. The highest BCUT2D eigenvalue weighted by Gasteiger charge is 2.40. The lowest BCUT2D eigenvalue weighted by Gasteiger charge is -2.37. The number of hydrogen-bond acceptors (Lipinski definition) is 4. The quantitative estimate of drug-likeness (QED) is 0.756. The van der Waals surface area contributed by atoms with Gasteiger partial charge in [-0.3, -0.25) is 4.79 Å². The molecule has 0 aromatic rings. The van der Waals surface area contributed by atoms with E-state index < -0.39 is 0 Å². The van der Waals surface area contributed by atoms with Gasteiger partial charge in [-0.2, -0.15) is 11.8 Å². The molecule has 2 unspecified atom stereocenters. The van der Waals surface area contributed by atoms with E-state index in [0.717, 1.165) is 31.6 Å². The molecule has 16 heavy (non-hydrogen) atoms. The fourth-order valence-corrected chi connectivity index (χ4v) is 4.09. The maximum absolute atomic E-state index is 11.5. The second-order valence-electron chi connectivity index (χ2n) is 4.87. The first kappa shape index (κ1) is 12.4.